The highest BCUT2D eigenvalue weighted by Crippen LogP contribution is 2.39. The summed E-state index contributed by atoms with van der Waals surface area (Å²) in [6.07, 6.45) is 0. The second-order valence-corrected chi connectivity index (χ2v) is 8.81. The maximum absolute atomic E-state index is 12.6. The molecule has 9 nitrogen and oxygen atoms in total. The molecule has 0 saturated carbocycles. The highest BCUT2D eigenvalue weighted by atomic mass is 16.5. The molecule has 0 aliphatic carbocycles. The lowest BCUT2D eigenvalue weighted by molar-refractivity contribution is 0.0946. The Kier molecular flexibility index (Phi) is 7.99. The molecule has 5 N–H and O–H groups in total. The summed E-state index contributed by atoms with van der Waals surface area (Å²) < 4.78 is 5.45. The van der Waals surface area contributed by atoms with Crippen molar-refractivity contribution in [2.24, 2.45) is 0 Å². The molecular weight excluding hydrogens is 424 g/mol. The highest BCUT2D eigenvalue weighted by molar-refractivity contribution is 5.97. The molecule has 0 fully saturated rings. The molecule has 0 saturated heterocycles. The molecule has 0 aliphatic rings. The molecule has 178 valence electrons. The number of nitrogens with zero attached hydrogens (tertiary/aromatic N) is 1. The first-order valence-corrected chi connectivity index (χ1v) is 10.8. The molecule has 0 bridgehead atoms. The molecule has 1 aromatic heterocycles. The summed E-state index contributed by atoms with van der Waals surface area (Å²) in [5.74, 6) is 5.13. The summed E-state index contributed by atoms with van der Waals surface area (Å²) in [6, 6.07) is 2.38. The molecule has 0 spiro atoms. The van der Waals surface area contributed by atoms with Crippen molar-refractivity contribution in [2.75, 3.05) is 6.54 Å². The zero-order valence-electron chi connectivity index (χ0n) is 20.1. The van der Waals surface area contributed by atoms with E-state index >= 15 is 0 Å². The van der Waals surface area contributed by atoms with Gasteiger partial charge in [-0.3, -0.25) is 4.79 Å². The van der Waals surface area contributed by atoms with Crippen LogP contribution in [0.25, 0.3) is 11.3 Å². The number of nitrogens with one attached hydrogen (secondary N) is 3. The van der Waals surface area contributed by atoms with Crippen molar-refractivity contribution >= 4 is 11.9 Å². The zero-order chi connectivity index (χ0) is 24.9. The molecule has 2 rings (SSSR count). The molecular formula is C24H32N4O5. The SMILES string of the molecule is CCNC(=O)c1noc(-c2cc(C(C)C)c(O)cc2O)c1C#CC(C)(C)NC(=O)NC(C)C. The Morgan fingerprint density at radius 2 is 1.82 bits per heavy atom. The predicted molar refractivity (Wildman–Crippen MR) is 125 cm³/mol. The van der Waals surface area contributed by atoms with E-state index in [0.717, 1.165) is 0 Å². The Morgan fingerprint density at radius 1 is 1.15 bits per heavy atom. The van der Waals surface area contributed by atoms with Crippen molar-refractivity contribution in [1.82, 2.24) is 21.1 Å². The van der Waals surface area contributed by atoms with Crippen LogP contribution < -0.4 is 16.0 Å². The Morgan fingerprint density at radius 3 is 2.39 bits per heavy atom. The van der Waals surface area contributed by atoms with Gasteiger partial charge in [-0.1, -0.05) is 30.8 Å². The van der Waals surface area contributed by atoms with Gasteiger partial charge in [-0.15, -0.1) is 0 Å². The first-order valence-electron chi connectivity index (χ1n) is 10.8. The highest BCUT2D eigenvalue weighted by Gasteiger charge is 2.26. The normalized spacial score (nSPS) is 11.2. The van der Waals surface area contributed by atoms with E-state index < -0.39 is 11.4 Å². The van der Waals surface area contributed by atoms with Gasteiger partial charge in [-0.25, -0.2) is 4.79 Å². The molecule has 0 aliphatic heterocycles. The third-order valence-electron chi connectivity index (χ3n) is 4.60. The number of phenolic OH excluding ortho intramolecular Hbond substituents is 2. The largest absolute Gasteiger partial charge is 0.508 e. The molecule has 1 aromatic carbocycles. The second kappa shape index (κ2) is 10.3. The van der Waals surface area contributed by atoms with Gasteiger partial charge in [0.15, 0.2) is 11.5 Å². The van der Waals surface area contributed by atoms with Gasteiger partial charge in [-0.2, -0.15) is 0 Å². The third kappa shape index (κ3) is 6.42. The maximum atomic E-state index is 12.6. The van der Waals surface area contributed by atoms with Crippen molar-refractivity contribution in [2.45, 2.75) is 66.0 Å². The minimum Gasteiger partial charge on any atom is -0.508 e. The number of rotatable bonds is 6. The van der Waals surface area contributed by atoms with Crippen LogP contribution in [-0.2, 0) is 0 Å². The number of urea groups is 1. The first-order chi connectivity index (χ1) is 15.4. The third-order valence-corrected chi connectivity index (χ3v) is 4.60. The van der Waals surface area contributed by atoms with E-state index in [4.69, 9.17) is 4.52 Å². The van der Waals surface area contributed by atoms with Gasteiger partial charge >= 0.3 is 6.03 Å². The van der Waals surface area contributed by atoms with Crippen molar-refractivity contribution in [3.63, 3.8) is 0 Å². The predicted octanol–water partition coefficient (Wildman–Crippen LogP) is 3.46. The van der Waals surface area contributed by atoms with E-state index in [1.165, 1.54) is 6.07 Å². The number of hydrogen-bond acceptors (Lipinski definition) is 6. The number of carbonyl (C=O) groups is 2. The summed E-state index contributed by atoms with van der Waals surface area (Å²) in [7, 11) is 0. The number of benzene rings is 1. The fourth-order valence-electron chi connectivity index (χ4n) is 3.06. The summed E-state index contributed by atoms with van der Waals surface area (Å²) in [5.41, 5.74) is -0.000116. The number of hydrogen-bond donors (Lipinski definition) is 5. The van der Waals surface area contributed by atoms with Gasteiger partial charge in [0.1, 0.15) is 17.1 Å². The van der Waals surface area contributed by atoms with Gasteiger partial charge in [0, 0.05) is 18.7 Å². The lowest BCUT2D eigenvalue weighted by Gasteiger charge is -2.21. The topological polar surface area (TPSA) is 137 Å². The van der Waals surface area contributed by atoms with Crippen LogP contribution in [0.4, 0.5) is 4.79 Å². The van der Waals surface area contributed by atoms with Crippen LogP contribution in [0.5, 0.6) is 11.5 Å². The van der Waals surface area contributed by atoms with Crippen LogP contribution in [-0.4, -0.2) is 45.4 Å². The van der Waals surface area contributed by atoms with E-state index in [2.05, 4.69) is 32.9 Å². The minimum atomic E-state index is -0.952. The average molecular weight is 457 g/mol. The van der Waals surface area contributed by atoms with Gasteiger partial charge in [-0.05, 0) is 52.2 Å². The first kappa shape index (κ1) is 25.6. The fourth-order valence-corrected chi connectivity index (χ4v) is 3.06. The van der Waals surface area contributed by atoms with Crippen molar-refractivity contribution in [3.05, 3.63) is 29.0 Å². The van der Waals surface area contributed by atoms with Gasteiger partial charge in [0.25, 0.3) is 5.91 Å². The van der Waals surface area contributed by atoms with Crippen LogP contribution in [0.15, 0.2) is 16.7 Å². The second-order valence-electron chi connectivity index (χ2n) is 8.81. The van der Waals surface area contributed by atoms with E-state index in [0.29, 0.717) is 12.1 Å². The number of aromatic nitrogens is 1. The quantitative estimate of drug-likeness (QED) is 0.422. The van der Waals surface area contributed by atoms with Crippen molar-refractivity contribution in [1.29, 1.82) is 0 Å². The Balaban J connectivity index is 2.60. The van der Waals surface area contributed by atoms with Crippen LogP contribution in [0, 0.1) is 11.8 Å². The molecule has 0 unspecified atom stereocenters. The maximum Gasteiger partial charge on any atom is 0.316 e. The Bertz CT molecular complexity index is 1090. The smallest absolute Gasteiger partial charge is 0.316 e. The Hall–Kier alpha value is -3.67. The van der Waals surface area contributed by atoms with Crippen LogP contribution in [0.2, 0.25) is 0 Å². The summed E-state index contributed by atoms with van der Waals surface area (Å²) in [4.78, 5) is 24.7. The van der Waals surface area contributed by atoms with Crippen molar-refractivity contribution < 1.29 is 24.3 Å². The number of phenols is 2. The van der Waals surface area contributed by atoms with Gasteiger partial charge in [0.2, 0.25) is 0 Å². The van der Waals surface area contributed by atoms with Crippen LogP contribution in [0.1, 0.15) is 76.0 Å². The lowest BCUT2D eigenvalue weighted by Crippen LogP contribution is -2.49. The fraction of sp³-hybridized carbons (Fsp3) is 0.458. The van der Waals surface area contributed by atoms with Gasteiger partial charge in [0.05, 0.1) is 11.1 Å². The molecule has 2 aromatic rings. The summed E-state index contributed by atoms with van der Waals surface area (Å²) in [6.45, 7) is 13.1. The Labute approximate surface area is 193 Å². The van der Waals surface area contributed by atoms with Gasteiger partial charge < -0.3 is 30.7 Å². The minimum absolute atomic E-state index is 0.0349. The molecule has 1 heterocycles. The lowest BCUT2D eigenvalue weighted by atomic mass is 9.96. The number of carbonyl (C=O) groups excluding carboxylic acids is 2. The summed E-state index contributed by atoms with van der Waals surface area (Å²) in [5, 5.41) is 32.7. The molecule has 3 amide bonds. The van der Waals surface area contributed by atoms with E-state index in [9.17, 15) is 19.8 Å². The van der Waals surface area contributed by atoms with Crippen LogP contribution >= 0.6 is 0 Å². The van der Waals surface area contributed by atoms with Crippen molar-refractivity contribution in [3.8, 4) is 34.7 Å². The molecule has 0 atom stereocenters. The molecule has 33 heavy (non-hydrogen) atoms. The van der Waals surface area contributed by atoms with E-state index in [-0.39, 0.29) is 52.1 Å². The van der Waals surface area contributed by atoms with Crippen LogP contribution in [0.3, 0.4) is 0 Å². The molecule has 9 heteroatoms. The molecule has 0 radical (unpaired) electrons. The zero-order valence-corrected chi connectivity index (χ0v) is 20.1. The average Bonchev–Trinajstić information content (AvgIpc) is 3.09. The van der Waals surface area contributed by atoms with E-state index in [1.54, 1.807) is 26.8 Å². The van der Waals surface area contributed by atoms with E-state index in [1.807, 2.05) is 27.7 Å². The number of aromatic hydroxyl groups is 2. The summed E-state index contributed by atoms with van der Waals surface area (Å²) >= 11 is 0. The standard InChI is InChI=1S/C24H32N4O5/c1-8-25-22(31)20-15(9-10-24(6,7)27-23(32)26-14(4)5)21(33-28-20)17-11-16(13(2)3)18(29)12-19(17)30/h11-14,29-30H,8H2,1-7H3,(H,25,31)(H2,26,27,32). The monoisotopic (exact) mass is 456 g/mol. The number of amides is 3.